The Kier molecular flexibility index (Phi) is 6.53. The molecule has 2 heterocycles. The van der Waals surface area contributed by atoms with E-state index in [1.165, 1.54) is 25.9 Å². The molecule has 25 heavy (non-hydrogen) atoms. The van der Waals surface area contributed by atoms with Gasteiger partial charge in [0.05, 0.1) is 6.61 Å². The minimum absolute atomic E-state index is 0.0221. The number of nitrogens with one attached hydrogen (secondary N) is 2. The number of carbonyl (C=O) groups is 1. The summed E-state index contributed by atoms with van der Waals surface area (Å²) in [7, 11) is 3.53. The second kappa shape index (κ2) is 8.85. The van der Waals surface area contributed by atoms with E-state index in [0.29, 0.717) is 12.0 Å². The zero-order valence-electron chi connectivity index (χ0n) is 15.7. The molecule has 7 heteroatoms. The van der Waals surface area contributed by atoms with E-state index < -0.39 is 0 Å². The molecule has 2 saturated heterocycles. The average molecular weight is 351 g/mol. The summed E-state index contributed by atoms with van der Waals surface area (Å²) in [6.07, 6.45) is 6.14. The number of piperidine rings is 1. The van der Waals surface area contributed by atoms with Crippen LogP contribution >= 0.6 is 0 Å². The van der Waals surface area contributed by atoms with Crippen LogP contribution < -0.4 is 10.6 Å². The van der Waals surface area contributed by atoms with Gasteiger partial charge < -0.3 is 25.2 Å². The Hall–Kier alpha value is -1.34. The number of carbonyl (C=O) groups excluding carboxylic acids is 1. The number of hydrogen-bond acceptors (Lipinski definition) is 4. The Balaban J connectivity index is 1.49. The summed E-state index contributed by atoms with van der Waals surface area (Å²) in [6.45, 7) is 5.04. The first-order chi connectivity index (χ1) is 12.1. The van der Waals surface area contributed by atoms with Gasteiger partial charge in [-0.3, -0.25) is 4.79 Å². The molecular formula is C18H33N5O2. The van der Waals surface area contributed by atoms with Gasteiger partial charge in [0.15, 0.2) is 5.96 Å². The smallest absolute Gasteiger partial charge is 0.243 e. The molecule has 0 aromatic carbocycles. The van der Waals surface area contributed by atoms with Crippen LogP contribution in [0.1, 0.15) is 32.1 Å². The van der Waals surface area contributed by atoms with Gasteiger partial charge in [-0.05, 0) is 32.1 Å². The van der Waals surface area contributed by atoms with Gasteiger partial charge in [0.25, 0.3) is 0 Å². The van der Waals surface area contributed by atoms with E-state index in [4.69, 9.17) is 4.74 Å². The zero-order chi connectivity index (χ0) is 17.6. The fourth-order valence-corrected chi connectivity index (χ4v) is 3.47. The third-order valence-electron chi connectivity index (χ3n) is 5.39. The lowest BCUT2D eigenvalue weighted by atomic mass is 10.1. The SMILES string of the molecule is CN(C)C(=O)CN=C(NCC1CCOC1)NC1CCN(C2CC2)CC1. The second-order valence-corrected chi connectivity index (χ2v) is 7.75. The third-order valence-corrected chi connectivity index (χ3v) is 5.39. The van der Waals surface area contributed by atoms with Crippen molar-refractivity contribution in [3.05, 3.63) is 0 Å². The summed E-state index contributed by atoms with van der Waals surface area (Å²) in [6, 6.07) is 1.29. The first-order valence-electron chi connectivity index (χ1n) is 9.68. The minimum atomic E-state index is 0.0221. The highest BCUT2D eigenvalue weighted by Gasteiger charge is 2.32. The molecule has 1 saturated carbocycles. The highest BCUT2D eigenvalue weighted by atomic mass is 16.5. The van der Waals surface area contributed by atoms with E-state index in [-0.39, 0.29) is 12.5 Å². The molecule has 3 rings (SSSR count). The van der Waals surface area contributed by atoms with Crippen LogP contribution in [0.3, 0.4) is 0 Å². The third kappa shape index (κ3) is 5.85. The summed E-state index contributed by atoms with van der Waals surface area (Å²) in [5, 5.41) is 6.98. The molecule has 2 aliphatic heterocycles. The van der Waals surface area contributed by atoms with Crippen LogP contribution in [0.25, 0.3) is 0 Å². The van der Waals surface area contributed by atoms with Crippen molar-refractivity contribution in [2.24, 2.45) is 10.9 Å². The number of nitrogens with zero attached hydrogens (tertiary/aromatic N) is 3. The average Bonchev–Trinajstić information content (AvgIpc) is 3.33. The standard InChI is InChI=1S/C18H33N5O2/c1-22(2)17(24)12-20-18(19-11-14-7-10-25-13-14)21-15-5-8-23(9-6-15)16-3-4-16/h14-16H,3-13H2,1-2H3,(H2,19,20,21). The summed E-state index contributed by atoms with van der Waals surface area (Å²) in [5.74, 6) is 1.33. The number of guanidine groups is 1. The van der Waals surface area contributed by atoms with Crippen molar-refractivity contribution in [2.45, 2.75) is 44.2 Å². The maximum atomic E-state index is 11.9. The van der Waals surface area contributed by atoms with Crippen LogP contribution in [0.4, 0.5) is 0 Å². The van der Waals surface area contributed by atoms with Gasteiger partial charge >= 0.3 is 0 Å². The number of hydrogen-bond donors (Lipinski definition) is 2. The molecule has 0 aromatic rings. The van der Waals surface area contributed by atoms with Crippen molar-refractivity contribution in [1.82, 2.24) is 20.4 Å². The van der Waals surface area contributed by atoms with E-state index in [2.05, 4.69) is 20.5 Å². The predicted molar refractivity (Wildman–Crippen MR) is 98.7 cm³/mol. The quantitative estimate of drug-likeness (QED) is 0.531. The number of ether oxygens (including phenoxy) is 1. The highest BCUT2D eigenvalue weighted by molar-refractivity contribution is 5.84. The molecule has 1 aliphatic carbocycles. The molecule has 1 amide bonds. The lowest BCUT2D eigenvalue weighted by Gasteiger charge is -2.33. The van der Waals surface area contributed by atoms with Crippen molar-refractivity contribution >= 4 is 11.9 Å². The van der Waals surface area contributed by atoms with E-state index >= 15 is 0 Å². The first kappa shape index (κ1) is 18.5. The molecule has 3 aliphatic rings. The summed E-state index contributed by atoms with van der Waals surface area (Å²) in [4.78, 5) is 20.6. The summed E-state index contributed by atoms with van der Waals surface area (Å²) >= 11 is 0. The van der Waals surface area contributed by atoms with Crippen LogP contribution in [0.2, 0.25) is 0 Å². The van der Waals surface area contributed by atoms with Crippen molar-refractivity contribution < 1.29 is 9.53 Å². The largest absolute Gasteiger partial charge is 0.381 e. The topological polar surface area (TPSA) is 69.2 Å². The van der Waals surface area contributed by atoms with Crippen LogP contribution in [0, 0.1) is 5.92 Å². The van der Waals surface area contributed by atoms with Gasteiger partial charge in [-0.15, -0.1) is 0 Å². The fraction of sp³-hybridized carbons (Fsp3) is 0.889. The minimum Gasteiger partial charge on any atom is -0.381 e. The number of aliphatic imine (C=N–C) groups is 1. The second-order valence-electron chi connectivity index (χ2n) is 7.75. The monoisotopic (exact) mass is 351 g/mol. The van der Waals surface area contributed by atoms with Crippen LogP contribution in [-0.2, 0) is 9.53 Å². The Morgan fingerprint density at radius 2 is 1.96 bits per heavy atom. The number of likely N-dealkylation sites (N-methyl/N-ethyl adjacent to an activating group) is 1. The zero-order valence-corrected chi connectivity index (χ0v) is 15.7. The molecular weight excluding hydrogens is 318 g/mol. The van der Waals surface area contributed by atoms with E-state index in [1.54, 1.807) is 19.0 Å². The van der Waals surface area contributed by atoms with E-state index in [9.17, 15) is 4.79 Å². The van der Waals surface area contributed by atoms with Gasteiger partial charge in [-0.1, -0.05) is 0 Å². The van der Waals surface area contributed by atoms with Gasteiger partial charge in [-0.25, -0.2) is 4.99 Å². The van der Waals surface area contributed by atoms with E-state index in [0.717, 1.165) is 51.0 Å². The van der Waals surface area contributed by atoms with Crippen LogP contribution in [-0.4, -0.2) is 87.2 Å². The summed E-state index contributed by atoms with van der Waals surface area (Å²) < 4.78 is 5.44. The lowest BCUT2D eigenvalue weighted by Crippen LogP contribution is -2.50. The molecule has 0 bridgehead atoms. The molecule has 7 nitrogen and oxygen atoms in total. The fourth-order valence-electron chi connectivity index (χ4n) is 3.47. The van der Waals surface area contributed by atoms with Gasteiger partial charge in [0, 0.05) is 58.3 Å². The highest BCUT2D eigenvalue weighted by Crippen LogP contribution is 2.29. The van der Waals surface area contributed by atoms with Gasteiger partial charge in [0.2, 0.25) is 5.91 Å². The van der Waals surface area contributed by atoms with Crippen molar-refractivity contribution in [1.29, 1.82) is 0 Å². The van der Waals surface area contributed by atoms with Crippen molar-refractivity contribution in [3.63, 3.8) is 0 Å². The van der Waals surface area contributed by atoms with Crippen LogP contribution in [0.5, 0.6) is 0 Å². The van der Waals surface area contributed by atoms with Crippen LogP contribution in [0.15, 0.2) is 4.99 Å². The van der Waals surface area contributed by atoms with Crippen molar-refractivity contribution in [3.8, 4) is 0 Å². The lowest BCUT2D eigenvalue weighted by molar-refractivity contribution is -0.127. The normalized spacial score (nSPS) is 25.8. The Morgan fingerprint density at radius 3 is 2.56 bits per heavy atom. The Labute approximate surface area is 151 Å². The molecule has 2 N–H and O–H groups in total. The molecule has 3 fully saturated rings. The first-order valence-corrected chi connectivity index (χ1v) is 9.68. The number of rotatable bonds is 6. The van der Waals surface area contributed by atoms with Gasteiger partial charge in [0.1, 0.15) is 6.54 Å². The van der Waals surface area contributed by atoms with Gasteiger partial charge in [-0.2, -0.15) is 0 Å². The number of likely N-dealkylation sites (tertiary alicyclic amines) is 1. The Morgan fingerprint density at radius 1 is 1.20 bits per heavy atom. The molecule has 1 atom stereocenters. The number of amides is 1. The maximum Gasteiger partial charge on any atom is 0.243 e. The molecule has 0 radical (unpaired) electrons. The molecule has 1 unspecified atom stereocenters. The van der Waals surface area contributed by atoms with Crippen molar-refractivity contribution in [2.75, 3.05) is 53.5 Å². The molecule has 142 valence electrons. The molecule has 0 aromatic heterocycles. The Bertz CT molecular complexity index is 464. The van der Waals surface area contributed by atoms with E-state index in [1.807, 2.05) is 0 Å². The predicted octanol–water partition coefficient (Wildman–Crippen LogP) is 0.273. The maximum absolute atomic E-state index is 11.9. The molecule has 0 spiro atoms. The summed E-state index contributed by atoms with van der Waals surface area (Å²) in [5.41, 5.74) is 0.